The average molecular weight is 354 g/mol. The standard InChI is InChI=1S/C22H43NO2/c1-3-5-16-22(17-6-4-2)18-14-20-23(22)19-13-11-9-7-8-10-12-15-21(24)25/h3-20H2,1-2H3,(H,24,25). The van der Waals surface area contributed by atoms with Crippen LogP contribution in [0.4, 0.5) is 0 Å². The lowest BCUT2D eigenvalue weighted by atomic mass is 9.84. The van der Waals surface area contributed by atoms with E-state index in [1.165, 1.54) is 96.6 Å². The molecule has 1 N–H and O–H groups in total. The molecule has 0 radical (unpaired) electrons. The molecule has 1 rings (SSSR count). The van der Waals surface area contributed by atoms with Crippen LogP contribution in [0.15, 0.2) is 0 Å². The normalized spacial score (nSPS) is 17.2. The molecule has 0 unspecified atom stereocenters. The Morgan fingerprint density at radius 2 is 1.44 bits per heavy atom. The van der Waals surface area contributed by atoms with Crippen LogP contribution in [-0.2, 0) is 4.79 Å². The van der Waals surface area contributed by atoms with Crippen LogP contribution >= 0.6 is 0 Å². The highest BCUT2D eigenvalue weighted by molar-refractivity contribution is 5.66. The van der Waals surface area contributed by atoms with Gasteiger partial charge in [-0.2, -0.15) is 0 Å². The Balaban J connectivity index is 2.19. The van der Waals surface area contributed by atoms with Gasteiger partial charge in [-0.3, -0.25) is 9.69 Å². The number of unbranched alkanes of at least 4 members (excludes halogenated alkanes) is 8. The molecule has 0 spiro atoms. The van der Waals surface area contributed by atoms with Crippen LogP contribution in [0, 0.1) is 0 Å². The number of hydrogen-bond acceptors (Lipinski definition) is 2. The van der Waals surface area contributed by atoms with E-state index < -0.39 is 5.97 Å². The van der Waals surface area contributed by atoms with E-state index in [1.54, 1.807) is 0 Å². The first-order chi connectivity index (χ1) is 12.1. The molecule has 3 nitrogen and oxygen atoms in total. The molecule has 3 heteroatoms. The number of rotatable bonds is 16. The highest BCUT2D eigenvalue weighted by atomic mass is 16.4. The molecule has 1 heterocycles. The summed E-state index contributed by atoms with van der Waals surface area (Å²) in [6.07, 6.45) is 19.8. The van der Waals surface area contributed by atoms with Crippen LogP contribution in [0.3, 0.4) is 0 Å². The van der Waals surface area contributed by atoms with E-state index in [9.17, 15) is 4.79 Å². The second-order valence-corrected chi connectivity index (χ2v) is 8.14. The monoisotopic (exact) mass is 353 g/mol. The summed E-state index contributed by atoms with van der Waals surface area (Å²) < 4.78 is 0. The fourth-order valence-electron chi connectivity index (χ4n) is 4.51. The lowest BCUT2D eigenvalue weighted by molar-refractivity contribution is -0.137. The van der Waals surface area contributed by atoms with Crippen molar-refractivity contribution in [2.75, 3.05) is 13.1 Å². The maximum atomic E-state index is 10.5. The van der Waals surface area contributed by atoms with Crippen LogP contribution < -0.4 is 0 Å². The van der Waals surface area contributed by atoms with Gasteiger partial charge in [-0.15, -0.1) is 0 Å². The lowest BCUT2D eigenvalue weighted by Gasteiger charge is -2.39. The first kappa shape index (κ1) is 22.5. The molecule has 148 valence electrons. The van der Waals surface area contributed by atoms with Crippen molar-refractivity contribution in [1.82, 2.24) is 4.90 Å². The minimum absolute atomic E-state index is 0.340. The van der Waals surface area contributed by atoms with Crippen molar-refractivity contribution in [1.29, 1.82) is 0 Å². The van der Waals surface area contributed by atoms with Crippen LogP contribution in [0.5, 0.6) is 0 Å². The summed E-state index contributed by atoms with van der Waals surface area (Å²) in [4.78, 5) is 13.3. The van der Waals surface area contributed by atoms with Crippen LogP contribution in [0.25, 0.3) is 0 Å². The predicted octanol–water partition coefficient (Wildman–Crippen LogP) is 6.41. The summed E-state index contributed by atoms with van der Waals surface area (Å²) >= 11 is 0. The molecule has 0 amide bonds. The minimum atomic E-state index is -0.653. The number of aliphatic carboxylic acids is 1. The fourth-order valence-corrected chi connectivity index (χ4v) is 4.51. The Morgan fingerprint density at radius 1 is 0.880 bits per heavy atom. The highest BCUT2D eigenvalue weighted by Gasteiger charge is 2.38. The molecule has 0 bridgehead atoms. The van der Waals surface area contributed by atoms with Crippen molar-refractivity contribution in [3.63, 3.8) is 0 Å². The van der Waals surface area contributed by atoms with Crippen LogP contribution in [-0.4, -0.2) is 34.6 Å². The number of carboxylic acids is 1. The lowest BCUT2D eigenvalue weighted by Crippen LogP contribution is -2.44. The summed E-state index contributed by atoms with van der Waals surface area (Å²) in [6, 6.07) is 0. The summed E-state index contributed by atoms with van der Waals surface area (Å²) in [6.45, 7) is 7.27. The molecular formula is C22H43NO2. The van der Waals surface area contributed by atoms with Gasteiger partial charge in [0.25, 0.3) is 0 Å². The summed E-state index contributed by atoms with van der Waals surface area (Å²) in [5, 5.41) is 8.64. The zero-order valence-electron chi connectivity index (χ0n) is 17.0. The second-order valence-electron chi connectivity index (χ2n) is 8.14. The smallest absolute Gasteiger partial charge is 0.303 e. The van der Waals surface area contributed by atoms with Gasteiger partial charge in [0.15, 0.2) is 0 Å². The SMILES string of the molecule is CCCCC1(CCCC)CCCN1CCCCCCCCCC(=O)O. The largest absolute Gasteiger partial charge is 0.481 e. The highest BCUT2D eigenvalue weighted by Crippen LogP contribution is 2.38. The Hall–Kier alpha value is -0.570. The zero-order valence-corrected chi connectivity index (χ0v) is 17.0. The van der Waals surface area contributed by atoms with Crippen LogP contribution in [0.1, 0.15) is 117 Å². The minimum Gasteiger partial charge on any atom is -0.481 e. The van der Waals surface area contributed by atoms with E-state index in [0.717, 1.165) is 12.8 Å². The van der Waals surface area contributed by atoms with Gasteiger partial charge in [0, 0.05) is 12.0 Å². The Bertz CT molecular complexity index is 335. The van der Waals surface area contributed by atoms with E-state index in [0.29, 0.717) is 12.0 Å². The first-order valence-electron chi connectivity index (χ1n) is 11.1. The van der Waals surface area contributed by atoms with Crippen molar-refractivity contribution in [3.8, 4) is 0 Å². The van der Waals surface area contributed by atoms with Gasteiger partial charge in [0.1, 0.15) is 0 Å². The van der Waals surface area contributed by atoms with E-state index in [2.05, 4.69) is 18.7 Å². The van der Waals surface area contributed by atoms with Gasteiger partial charge in [-0.25, -0.2) is 0 Å². The molecule has 1 fully saturated rings. The number of carbonyl (C=O) groups is 1. The molecule has 0 atom stereocenters. The molecule has 0 aromatic carbocycles. The Morgan fingerprint density at radius 3 is 2.00 bits per heavy atom. The molecule has 0 aromatic heterocycles. The predicted molar refractivity (Wildman–Crippen MR) is 107 cm³/mol. The summed E-state index contributed by atoms with van der Waals surface area (Å²) in [5.41, 5.74) is 0.531. The number of likely N-dealkylation sites (tertiary alicyclic amines) is 1. The third-order valence-electron chi connectivity index (χ3n) is 6.05. The van der Waals surface area contributed by atoms with Crippen molar-refractivity contribution >= 4 is 5.97 Å². The van der Waals surface area contributed by atoms with Gasteiger partial charge < -0.3 is 5.11 Å². The molecule has 0 saturated carbocycles. The van der Waals surface area contributed by atoms with Gasteiger partial charge >= 0.3 is 5.97 Å². The molecule has 1 aliphatic rings. The van der Waals surface area contributed by atoms with E-state index in [4.69, 9.17) is 5.11 Å². The van der Waals surface area contributed by atoms with Gasteiger partial charge in [-0.1, -0.05) is 71.6 Å². The van der Waals surface area contributed by atoms with Crippen molar-refractivity contribution in [2.45, 2.75) is 122 Å². The maximum Gasteiger partial charge on any atom is 0.303 e. The molecule has 0 aromatic rings. The molecule has 1 aliphatic heterocycles. The zero-order chi connectivity index (χ0) is 18.4. The van der Waals surface area contributed by atoms with E-state index in [1.807, 2.05) is 0 Å². The topological polar surface area (TPSA) is 40.5 Å². The quantitative estimate of drug-likeness (QED) is 0.326. The molecular weight excluding hydrogens is 310 g/mol. The fraction of sp³-hybridized carbons (Fsp3) is 0.955. The van der Waals surface area contributed by atoms with Gasteiger partial charge in [0.05, 0.1) is 0 Å². The number of hydrogen-bond donors (Lipinski definition) is 1. The number of carboxylic acid groups (broad SMARTS) is 1. The van der Waals surface area contributed by atoms with Gasteiger partial charge in [-0.05, 0) is 51.6 Å². The molecule has 0 aliphatic carbocycles. The molecule has 1 saturated heterocycles. The van der Waals surface area contributed by atoms with Crippen molar-refractivity contribution in [3.05, 3.63) is 0 Å². The first-order valence-corrected chi connectivity index (χ1v) is 11.1. The third kappa shape index (κ3) is 9.08. The van der Waals surface area contributed by atoms with E-state index in [-0.39, 0.29) is 0 Å². The third-order valence-corrected chi connectivity index (χ3v) is 6.05. The van der Waals surface area contributed by atoms with Crippen molar-refractivity contribution in [2.24, 2.45) is 0 Å². The average Bonchev–Trinajstić information content (AvgIpc) is 2.99. The van der Waals surface area contributed by atoms with E-state index >= 15 is 0 Å². The number of nitrogens with zero attached hydrogens (tertiary/aromatic N) is 1. The van der Waals surface area contributed by atoms with Gasteiger partial charge in [0.2, 0.25) is 0 Å². The van der Waals surface area contributed by atoms with Crippen molar-refractivity contribution < 1.29 is 9.90 Å². The Labute approximate surface area is 156 Å². The summed E-state index contributed by atoms with van der Waals surface area (Å²) in [5.74, 6) is -0.653. The molecule has 25 heavy (non-hydrogen) atoms. The second kappa shape index (κ2) is 13.6. The maximum absolute atomic E-state index is 10.5. The Kier molecular flexibility index (Phi) is 12.2. The van der Waals surface area contributed by atoms with Crippen LogP contribution in [0.2, 0.25) is 0 Å². The summed E-state index contributed by atoms with van der Waals surface area (Å²) in [7, 11) is 0.